The molecule has 0 aliphatic carbocycles. The number of nitrogens with zero attached hydrogens (tertiary/aromatic N) is 1. The fraction of sp³-hybridized carbons (Fsp3) is 0.464. The van der Waals surface area contributed by atoms with Gasteiger partial charge in [-0.05, 0) is 42.7 Å². The van der Waals surface area contributed by atoms with Gasteiger partial charge < -0.3 is 25.4 Å². The van der Waals surface area contributed by atoms with E-state index in [9.17, 15) is 27.6 Å². The van der Waals surface area contributed by atoms with Crippen molar-refractivity contribution >= 4 is 42.0 Å². The Morgan fingerprint density at radius 3 is 2.39 bits per heavy atom. The van der Waals surface area contributed by atoms with Gasteiger partial charge in [0.15, 0.2) is 23.1 Å². The Morgan fingerprint density at radius 2 is 1.76 bits per heavy atom. The van der Waals surface area contributed by atoms with Gasteiger partial charge in [-0.25, -0.2) is 18.0 Å². The highest BCUT2D eigenvalue weighted by atomic mass is 35.5. The van der Waals surface area contributed by atoms with Crippen molar-refractivity contribution in [1.29, 1.82) is 0 Å². The van der Waals surface area contributed by atoms with Crippen LogP contribution in [-0.4, -0.2) is 59.1 Å². The predicted octanol–water partition coefficient (Wildman–Crippen LogP) is 3.97. The molecule has 13 heteroatoms. The average molecular weight is 618 g/mol. The quantitative estimate of drug-likeness (QED) is 0.274. The molecule has 2 aromatic rings. The Labute approximate surface area is 247 Å². The van der Waals surface area contributed by atoms with Crippen LogP contribution >= 0.6 is 24.2 Å². The monoisotopic (exact) mass is 617 g/mol. The van der Waals surface area contributed by atoms with Crippen molar-refractivity contribution < 1.29 is 37.0 Å². The summed E-state index contributed by atoms with van der Waals surface area (Å²) in [5.41, 5.74) is 6.67. The van der Waals surface area contributed by atoms with E-state index >= 15 is 0 Å². The van der Waals surface area contributed by atoms with Crippen LogP contribution in [0.5, 0.6) is 5.75 Å². The van der Waals surface area contributed by atoms with Crippen LogP contribution in [0.15, 0.2) is 36.4 Å². The Morgan fingerprint density at radius 1 is 1.10 bits per heavy atom. The van der Waals surface area contributed by atoms with E-state index in [0.29, 0.717) is 24.1 Å². The SMILES string of the molecule is CCOC(=O)C(Oc1ccc(CNC(=O)C2SCCN2C(=O)C[C@H](N)Cc2cc(F)c(F)cc2F)cc1)C(C)C.Cl. The number of esters is 1. The zero-order chi connectivity index (χ0) is 29.4. The number of halogens is 4. The van der Waals surface area contributed by atoms with Crippen molar-refractivity contribution in [3.8, 4) is 5.75 Å². The molecule has 3 rings (SSSR count). The van der Waals surface area contributed by atoms with E-state index in [1.165, 1.54) is 16.7 Å². The third kappa shape index (κ3) is 9.54. The van der Waals surface area contributed by atoms with E-state index in [4.69, 9.17) is 15.2 Å². The number of carbonyl (C=O) groups is 3. The number of nitrogens with one attached hydrogen (secondary N) is 1. The maximum absolute atomic E-state index is 14.0. The van der Waals surface area contributed by atoms with Crippen molar-refractivity contribution in [2.45, 2.75) is 57.7 Å². The van der Waals surface area contributed by atoms with Crippen molar-refractivity contribution in [3.63, 3.8) is 0 Å². The van der Waals surface area contributed by atoms with Crippen LogP contribution < -0.4 is 15.8 Å². The summed E-state index contributed by atoms with van der Waals surface area (Å²) in [6.45, 7) is 6.27. The molecule has 1 aliphatic heterocycles. The van der Waals surface area contributed by atoms with Crippen LogP contribution in [-0.2, 0) is 32.1 Å². The number of amides is 2. The minimum absolute atomic E-state index is 0. The summed E-state index contributed by atoms with van der Waals surface area (Å²) in [6.07, 6.45) is -1.09. The molecule has 2 amide bonds. The Balaban J connectivity index is 0.00000588. The molecule has 0 spiro atoms. The van der Waals surface area contributed by atoms with Crippen molar-refractivity contribution in [2.24, 2.45) is 11.7 Å². The standard InChI is InChI=1S/C28H34F3N3O5S.ClH/c1-4-38-28(37)25(16(2)3)39-20-7-5-17(6-8-20)15-33-26(36)27-34(9-10-40-27)24(35)13-19(32)11-18-12-22(30)23(31)14-21(18)29;/h5-8,12,14,16,19,25,27H,4,9-11,13,15,32H2,1-3H3,(H,33,36);1H/t19-,25?,27?;/m1./s1. The van der Waals surface area contributed by atoms with Gasteiger partial charge in [0.2, 0.25) is 5.91 Å². The van der Waals surface area contributed by atoms with Gasteiger partial charge in [-0.3, -0.25) is 9.59 Å². The van der Waals surface area contributed by atoms with Gasteiger partial charge in [-0.1, -0.05) is 26.0 Å². The third-order valence-electron chi connectivity index (χ3n) is 6.22. The van der Waals surface area contributed by atoms with Gasteiger partial charge in [0.25, 0.3) is 5.91 Å². The molecule has 1 saturated heterocycles. The van der Waals surface area contributed by atoms with Gasteiger partial charge in [-0.2, -0.15) is 0 Å². The van der Waals surface area contributed by atoms with Gasteiger partial charge in [0.1, 0.15) is 11.6 Å². The van der Waals surface area contributed by atoms with Crippen LogP contribution in [0.1, 0.15) is 38.3 Å². The number of thioether (sulfide) groups is 1. The maximum Gasteiger partial charge on any atom is 0.347 e. The van der Waals surface area contributed by atoms with Gasteiger partial charge >= 0.3 is 5.97 Å². The Kier molecular flexibility index (Phi) is 13.3. The number of hydrogen-bond acceptors (Lipinski definition) is 7. The van der Waals surface area contributed by atoms with E-state index in [-0.39, 0.29) is 61.7 Å². The topological polar surface area (TPSA) is 111 Å². The first-order chi connectivity index (χ1) is 19.0. The summed E-state index contributed by atoms with van der Waals surface area (Å²) in [6, 6.07) is 7.27. The largest absolute Gasteiger partial charge is 0.478 e. The lowest BCUT2D eigenvalue weighted by Crippen LogP contribution is -2.46. The molecule has 3 N–H and O–H groups in total. The van der Waals surface area contributed by atoms with Crippen LogP contribution in [0, 0.1) is 23.4 Å². The Hall–Kier alpha value is -2.96. The molecular formula is C28H35ClF3N3O5S. The maximum atomic E-state index is 14.0. The lowest BCUT2D eigenvalue weighted by Gasteiger charge is -2.24. The molecule has 1 fully saturated rings. The van der Waals surface area contributed by atoms with E-state index in [0.717, 1.165) is 11.6 Å². The molecular weight excluding hydrogens is 583 g/mol. The first-order valence-corrected chi connectivity index (χ1v) is 14.0. The lowest BCUT2D eigenvalue weighted by molar-refractivity contribution is -0.153. The summed E-state index contributed by atoms with van der Waals surface area (Å²) < 4.78 is 51.5. The molecule has 2 aromatic carbocycles. The summed E-state index contributed by atoms with van der Waals surface area (Å²) in [5.74, 6) is -3.64. The number of benzene rings is 2. The highest BCUT2D eigenvalue weighted by Gasteiger charge is 2.35. The molecule has 1 heterocycles. The second-order valence-corrected chi connectivity index (χ2v) is 10.9. The fourth-order valence-corrected chi connectivity index (χ4v) is 5.31. The zero-order valence-electron chi connectivity index (χ0n) is 23.0. The van der Waals surface area contributed by atoms with Crippen LogP contribution in [0.25, 0.3) is 0 Å². The predicted molar refractivity (Wildman–Crippen MR) is 152 cm³/mol. The minimum atomic E-state index is -1.30. The fourth-order valence-electron chi connectivity index (χ4n) is 4.15. The highest BCUT2D eigenvalue weighted by Crippen LogP contribution is 2.26. The molecule has 0 radical (unpaired) electrons. The second kappa shape index (κ2) is 15.9. The molecule has 226 valence electrons. The van der Waals surface area contributed by atoms with Crippen LogP contribution in [0.2, 0.25) is 0 Å². The molecule has 0 aromatic heterocycles. The third-order valence-corrected chi connectivity index (χ3v) is 7.42. The van der Waals surface area contributed by atoms with Crippen molar-refractivity contribution in [2.75, 3.05) is 18.9 Å². The average Bonchev–Trinajstić information content (AvgIpc) is 3.40. The lowest BCUT2D eigenvalue weighted by atomic mass is 10.0. The van der Waals surface area contributed by atoms with Crippen molar-refractivity contribution in [1.82, 2.24) is 10.2 Å². The first kappa shape index (κ1) is 34.2. The number of ether oxygens (including phenoxy) is 2. The summed E-state index contributed by atoms with van der Waals surface area (Å²) >= 11 is 1.31. The minimum Gasteiger partial charge on any atom is -0.478 e. The zero-order valence-corrected chi connectivity index (χ0v) is 24.7. The summed E-state index contributed by atoms with van der Waals surface area (Å²) in [4.78, 5) is 39.3. The van der Waals surface area contributed by atoms with E-state index in [2.05, 4.69) is 5.32 Å². The van der Waals surface area contributed by atoms with Gasteiger partial charge in [-0.15, -0.1) is 24.2 Å². The first-order valence-electron chi connectivity index (χ1n) is 13.0. The summed E-state index contributed by atoms with van der Waals surface area (Å²) in [7, 11) is 0. The molecule has 0 bridgehead atoms. The molecule has 1 aliphatic rings. The summed E-state index contributed by atoms with van der Waals surface area (Å²) in [5, 5.41) is 2.07. The van der Waals surface area contributed by atoms with Gasteiger partial charge in [0.05, 0.1) is 6.61 Å². The number of rotatable bonds is 12. The van der Waals surface area contributed by atoms with Gasteiger partial charge in [0, 0.05) is 43.3 Å². The van der Waals surface area contributed by atoms with Crippen LogP contribution in [0.3, 0.4) is 0 Å². The number of nitrogens with two attached hydrogens (primary N) is 1. The molecule has 8 nitrogen and oxygen atoms in total. The van der Waals surface area contributed by atoms with Crippen LogP contribution in [0.4, 0.5) is 13.2 Å². The van der Waals surface area contributed by atoms with Crippen molar-refractivity contribution in [3.05, 3.63) is 65.0 Å². The molecule has 3 atom stereocenters. The van der Waals surface area contributed by atoms with E-state index in [1.807, 2.05) is 13.8 Å². The number of carbonyl (C=O) groups excluding carboxylic acids is 3. The second-order valence-electron chi connectivity index (χ2n) is 9.73. The normalized spacial score (nSPS) is 16.1. The smallest absolute Gasteiger partial charge is 0.347 e. The Bertz CT molecular complexity index is 1210. The van der Waals surface area contributed by atoms with E-state index < -0.39 is 40.9 Å². The molecule has 0 saturated carbocycles. The number of hydrogen-bond donors (Lipinski definition) is 2. The molecule has 41 heavy (non-hydrogen) atoms. The molecule has 2 unspecified atom stereocenters. The van der Waals surface area contributed by atoms with E-state index in [1.54, 1.807) is 31.2 Å². The highest BCUT2D eigenvalue weighted by molar-refractivity contribution is 8.00.